The summed E-state index contributed by atoms with van der Waals surface area (Å²) < 4.78 is 12.8. The summed E-state index contributed by atoms with van der Waals surface area (Å²) in [5.41, 5.74) is 5.82. The molecule has 0 atom stereocenters. The van der Waals surface area contributed by atoms with Gasteiger partial charge in [-0.05, 0) is 38.1 Å². The van der Waals surface area contributed by atoms with Crippen LogP contribution in [0.25, 0.3) is 0 Å². The van der Waals surface area contributed by atoms with Gasteiger partial charge in [-0.25, -0.2) is 9.18 Å². The van der Waals surface area contributed by atoms with Crippen molar-refractivity contribution in [3.8, 4) is 0 Å². The van der Waals surface area contributed by atoms with Crippen molar-refractivity contribution in [2.45, 2.75) is 26.3 Å². The van der Waals surface area contributed by atoms with E-state index in [4.69, 9.17) is 11.1 Å². The van der Waals surface area contributed by atoms with Crippen molar-refractivity contribution in [2.24, 2.45) is 5.73 Å². The number of carbonyl (C=O) groups is 1. The third kappa shape index (κ3) is 4.95. The summed E-state index contributed by atoms with van der Waals surface area (Å²) in [6.07, 6.45) is 0.328. The van der Waals surface area contributed by atoms with Gasteiger partial charge in [0.05, 0.1) is 5.84 Å². The molecule has 0 saturated heterocycles. The number of halogens is 1. The van der Waals surface area contributed by atoms with E-state index in [-0.39, 0.29) is 23.7 Å². The minimum Gasteiger partial charge on any atom is -0.388 e. The molecule has 0 spiro atoms. The highest BCUT2D eigenvalue weighted by Gasteiger charge is 2.16. The maximum atomic E-state index is 12.8. The zero-order valence-electron chi connectivity index (χ0n) is 11.1. The van der Waals surface area contributed by atoms with E-state index in [0.29, 0.717) is 18.7 Å². The molecule has 6 heteroatoms. The summed E-state index contributed by atoms with van der Waals surface area (Å²) in [6, 6.07) is 5.26. The van der Waals surface area contributed by atoms with Crippen LogP contribution in [0, 0.1) is 11.2 Å². The molecule has 0 aliphatic rings. The number of nitrogens with zero attached hydrogens (tertiary/aromatic N) is 1. The molecule has 19 heavy (non-hydrogen) atoms. The van der Waals surface area contributed by atoms with Gasteiger partial charge in [-0.15, -0.1) is 0 Å². The summed E-state index contributed by atoms with van der Waals surface area (Å²) >= 11 is 0. The lowest BCUT2D eigenvalue weighted by molar-refractivity contribution is 0.199. The number of anilines is 1. The van der Waals surface area contributed by atoms with Crippen molar-refractivity contribution < 1.29 is 9.18 Å². The van der Waals surface area contributed by atoms with Crippen molar-refractivity contribution >= 4 is 17.6 Å². The van der Waals surface area contributed by atoms with Gasteiger partial charge in [-0.1, -0.05) is 0 Å². The zero-order valence-corrected chi connectivity index (χ0v) is 11.1. The quantitative estimate of drug-likeness (QED) is 0.565. The third-order valence-corrected chi connectivity index (χ3v) is 2.60. The molecular formula is C13H19FN4O. The van der Waals surface area contributed by atoms with Crippen LogP contribution in [0.5, 0.6) is 0 Å². The molecule has 0 aromatic heterocycles. The molecule has 4 N–H and O–H groups in total. The van der Waals surface area contributed by atoms with Gasteiger partial charge in [0.2, 0.25) is 0 Å². The van der Waals surface area contributed by atoms with Crippen LogP contribution in [0.3, 0.4) is 0 Å². The zero-order chi connectivity index (χ0) is 14.4. The van der Waals surface area contributed by atoms with Gasteiger partial charge in [0.15, 0.2) is 0 Å². The van der Waals surface area contributed by atoms with Gasteiger partial charge < -0.3 is 16.0 Å². The summed E-state index contributed by atoms with van der Waals surface area (Å²) in [6.45, 7) is 4.13. The number of nitrogens with one attached hydrogen (secondary N) is 2. The average Bonchev–Trinajstić information content (AvgIpc) is 2.31. The molecule has 2 amide bonds. The Balaban J connectivity index is 2.66. The van der Waals surface area contributed by atoms with Crippen LogP contribution in [0.4, 0.5) is 14.9 Å². The van der Waals surface area contributed by atoms with E-state index in [1.165, 1.54) is 24.3 Å². The fourth-order valence-electron chi connectivity index (χ4n) is 1.56. The SMILES string of the molecule is CC(C)N(CCC(=N)N)C(=O)Nc1ccc(F)cc1. The lowest BCUT2D eigenvalue weighted by atomic mass is 10.3. The van der Waals surface area contributed by atoms with Crippen LogP contribution in [-0.4, -0.2) is 29.4 Å². The summed E-state index contributed by atoms with van der Waals surface area (Å²) in [5, 5.41) is 9.88. The molecule has 5 nitrogen and oxygen atoms in total. The number of hydrogen-bond donors (Lipinski definition) is 3. The Morgan fingerprint density at radius 2 is 2.00 bits per heavy atom. The molecule has 104 valence electrons. The largest absolute Gasteiger partial charge is 0.388 e. The second-order valence-electron chi connectivity index (χ2n) is 4.50. The van der Waals surface area contributed by atoms with E-state index in [0.717, 1.165) is 0 Å². The van der Waals surface area contributed by atoms with Crippen LogP contribution in [0.2, 0.25) is 0 Å². The highest BCUT2D eigenvalue weighted by Crippen LogP contribution is 2.10. The molecule has 0 bridgehead atoms. The Labute approximate surface area is 112 Å². The lowest BCUT2D eigenvalue weighted by Gasteiger charge is -2.26. The number of rotatable bonds is 5. The number of amidine groups is 1. The molecule has 1 aromatic rings. The maximum Gasteiger partial charge on any atom is 0.322 e. The van der Waals surface area contributed by atoms with Gasteiger partial charge in [0.1, 0.15) is 5.82 Å². The molecule has 0 heterocycles. The average molecular weight is 266 g/mol. The molecule has 0 aliphatic heterocycles. The normalized spacial score (nSPS) is 10.3. The Kier molecular flexibility index (Phi) is 5.29. The van der Waals surface area contributed by atoms with E-state index in [1.54, 1.807) is 4.90 Å². The number of hydrogen-bond acceptors (Lipinski definition) is 2. The molecule has 1 rings (SSSR count). The first-order valence-electron chi connectivity index (χ1n) is 6.06. The van der Waals surface area contributed by atoms with E-state index >= 15 is 0 Å². The van der Waals surface area contributed by atoms with Crippen molar-refractivity contribution in [1.29, 1.82) is 5.41 Å². The Bertz CT molecular complexity index is 444. The monoisotopic (exact) mass is 266 g/mol. The van der Waals surface area contributed by atoms with Crippen LogP contribution in [0.15, 0.2) is 24.3 Å². The minimum atomic E-state index is -0.352. The second kappa shape index (κ2) is 6.72. The first-order chi connectivity index (χ1) is 8.90. The highest BCUT2D eigenvalue weighted by molar-refractivity contribution is 5.89. The smallest absolute Gasteiger partial charge is 0.322 e. The molecule has 0 radical (unpaired) electrons. The van der Waals surface area contributed by atoms with Gasteiger partial charge in [0, 0.05) is 24.7 Å². The number of carbonyl (C=O) groups excluding carboxylic acids is 1. The highest BCUT2D eigenvalue weighted by atomic mass is 19.1. The van der Waals surface area contributed by atoms with Crippen LogP contribution < -0.4 is 11.1 Å². The van der Waals surface area contributed by atoms with Crippen LogP contribution in [-0.2, 0) is 0 Å². The summed E-state index contributed by atoms with van der Waals surface area (Å²) in [4.78, 5) is 13.6. The Morgan fingerprint density at radius 3 is 2.47 bits per heavy atom. The first kappa shape index (κ1) is 14.9. The second-order valence-corrected chi connectivity index (χ2v) is 4.50. The van der Waals surface area contributed by atoms with Crippen LogP contribution in [0.1, 0.15) is 20.3 Å². The first-order valence-corrected chi connectivity index (χ1v) is 6.06. The molecule has 1 aromatic carbocycles. The van der Waals surface area contributed by atoms with E-state index in [2.05, 4.69) is 5.32 Å². The van der Waals surface area contributed by atoms with E-state index in [1.807, 2.05) is 13.8 Å². The van der Waals surface area contributed by atoms with Gasteiger partial charge in [0.25, 0.3) is 0 Å². The van der Waals surface area contributed by atoms with Crippen molar-refractivity contribution in [2.75, 3.05) is 11.9 Å². The molecule has 0 aliphatic carbocycles. The molecule has 0 fully saturated rings. The molecular weight excluding hydrogens is 247 g/mol. The topological polar surface area (TPSA) is 82.2 Å². The Morgan fingerprint density at radius 1 is 1.42 bits per heavy atom. The maximum absolute atomic E-state index is 12.8. The van der Waals surface area contributed by atoms with Gasteiger partial charge >= 0.3 is 6.03 Å². The minimum absolute atomic E-state index is 0.0141. The Hall–Kier alpha value is -2.11. The summed E-state index contributed by atoms with van der Waals surface area (Å²) in [7, 11) is 0. The number of urea groups is 1. The summed E-state index contributed by atoms with van der Waals surface area (Å²) in [5.74, 6) is -0.310. The van der Waals surface area contributed by atoms with Crippen molar-refractivity contribution in [1.82, 2.24) is 4.90 Å². The van der Waals surface area contributed by atoms with E-state index in [9.17, 15) is 9.18 Å². The fraction of sp³-hybridized carbons (Fsp3) is 0.385. The predicted octanol–water partition coefficient (Wildman–Crippen LogP) is 2.39. The number of benzene rings is 1. The van der Waals surface area contributed by atoms with Crippen molar-refractivity contribution in [3.63, 3.8) is 0 Å². The van der Waals surface area contributed by atoms with Crippen molar-refractivity contribution in [3.05, 3.63) is 30.1 Å². The third-order valence-electron chi connectivity index (χ3n) is 2.60. The predicted molar refractivity (Wildman–Crippen MR) is 73.8 cm³/mol. The van der Waals surface area contributed by atoms with Gasteiger partial charge in [-0.3, -0.25) is 5.41 Å². The van der Waals surface area contributed by atoms with E-state index < -0.39 is 0 Å². The molecule has 0 unspecified atom stereocenters. The fourth-order valence-corrected chi connectivity index (χ4v) is 1.56. The van der Waals surface area contributed by atoms with Gasteiger partial charge in [-0.2, -0.15) is 0 Å². The standard InChI is InChI=1S/C13H19FN4O/c1-9(2)18(8-7-12(15)16)13(19)17-11-5-3-10(14)4-6-11/h3-6,9H,7-8H2,1-2H3,(H3,15,16)(H,17,19). The van der Waals surface area contributed by atoms with Crippen LogP contribution >= 0.6 is 0 Å². The molecule has 0 saturated carbocycles. The number of amides is 2. The number of nitrogens with two attached hydrogens (primary N) is 1. The lowest BCUT2D eigenvalue weighted by Crippen LogP contribution is -2.41.